The highest BCUT2D eigenvalue weighted by Gasteiger charge is 2.17. The molecule has 0 saturated heterocycles. The van der Waals surface area contributed by atoms with Crippen LogP contribution in [0.1, 0.15) is 17.2 Å². The fraction of sp³-hybridized carbons (Fsp3) is 0.222. The molecular weight excluding hydrogens is 225 g/mol. The van der Waals surface area contributed by atoms with Gasteiger partial charge in [-0.25, -0.2) is 0 Å². The summed E-state index contributed by atoms with van der Waals surface area (Å²) >= 11 is 5.89. The number of carboxylic acid groups (broad SMARTS) is 1. The molecule has 14 heavy (non-hydrogen) atoms. The van der Waals surface area contributed by atoms with Crippen LogP contribution in [0.3, 0.4) is 0 Å². The standard InChI is InChI=1S/C9H10ClNO2.ClH/c1-5-3-2-4-6(7(5)10)8(11)9(12)13;/h2-4,8H,11H2,1H3,(H,12,13);1H/t8-;/m1./s1. The lowest BCUT2D eigenvalue weighted by Gasteiger charge is -2.10. The molecule has 78 valence electrons. The maximum atomic E-state index is 10.6. The Morgan fingerprint density at radius 1 is 1.57 bits per heavy atom. The van der Waals surface area contributed by atoms with Crippen LogP contribution < -0.4 is 5.73 Å². The van der Waals surface area contributed by atoms with Crippen molar-refractivity contribution in [1.82, 2.24) is 0 Å². The van der Waals surface area contributed by atoms with Crippen molar-refractivity contribution in [2.24, 2.45) is 5.73 Å². The summed E-state index contributed by atoms with van der Waals surface area (Å²) in [5, 5.41) is 9.10. The highest BCUT2D eigenvalue weighted by atomic mass is 35.5. The highest BCUT2D eigenvalue weighted by molar-refractivity contribution is 6.32. The van der Waals surface area contributed by atoms with Crippen LogP contribution in [0.2, 0.25) is 5.02 Å². The number of carboxylic acids is 1. The molecular formula is C9H11Cl2NO2. The molecule has 3 nitrogen and oxygen atoms in total. The van der Waals surface area contributed by atoms with Gasteiger partial charge in [-0.1, -0.05) is 29.8 Å². The van der Waals surface area contributed by atoms with Crippen LogP contribution in [0.4, 0.5) is 0 Å². The summed E-state index contributed by atoms with van der Waals surface area (Å²) in [6.07, 6.45) is 0. The van der Waals surface area contributed by atoms with Gasteiger partial charge in [0.25, 0.3) is 0 Å². The molecule has 0 bridgehead atoms. The van der Waals surface area contributed by atoms with E-state index in [-0.39, 0.29) is 12.4 Å². The van der Waals surface area contributed by atoms with E-state index in [0.717, 1.165) is 5.56 Å². The van der Waals surface area contributed by atoms with Gasteiger partial charge >= 0.3 is 5.97 Å². The predicted octanol–water partition coefficient (Wildman–Crippen LogP) is 2.15. The molecule has 0 aliphatic rings. The summed E-state index contributed by atoms with van der Waals surface area (Å²) in [7, 11) is 0. The molecule has 0 aliphatic carbocycles. The second-order valence-corrected chi connectivity index (χ2v) is 3.17. The lowest BCUT2D eigenvalue weighted by Crippen LogP contribution is -2.21. The molecule has 1 rings (SSSR count). The summed E-state index contributed by atoms with van der Waals surface area (Å²) in [5.41, 5.74) is 6.71. The molecule has 0 fully saturated rings. The number of aliphatic carboxylic acids is 1. The van der Waals surface area contributed by atoms with Crippen LogP contribution >= 0.6 is 24.0 Å². The molecule has 0 saturated carbocycles. The van der Waals surface area contributed by atoms with Crippen LogP contribution in [0.15, 0.2) is 18.2 Å². The number of hydrogen-bond donors (Lipinski definition) is 2. The van der Waals surface area contributed by atoms with Gasteiger partial charge in [0.05, 0.1) is 0 Å². The predicted molar refractivity (Wildman–Crippen MR) is 58.0 cm³/mol. The molecule has 0 aromatic heterocycles. The molecule has 0 spiro atoms. The Balaban J connectivity index is 0.00000169. The quantitative estimate of drug-likeness (QED) is 0.826. The number of rotatable bonds is 2. The first-order chi connectivity index (χ1) is 6.04. The fourth-order valence-electron chi connectivity index (χ4n) is 1.04. The van der Waals surface area contributed by atoms with Crippen molar-refractivity contribution in [3.63, 3.8) is 0 Å². The third-order valence-corrected chi connectivity index (χ3v) is 2.34. The van der Waals surface area contributed by atoms with E-state index in [0.29, 0.717) is 10.6 Å². The Kier molecular flexibility index (Phi) is 4.91. The van der Waals surface area contributed by atoms with Crippen molar-refractivity contribution in [2.45, 2.75) is 13.0 Å². The number of nitrogens with two attached hydrogens (primary N) is 1. The van der Waals surface area contributed by atoms with Crippen LogP contribution in [-0.2, 0) is 4.79 Å². The molecule has 1 atom stereocenters. The van der Waals surface area contributed by atoms with E-state index in [1.54, 1.807) is 25.1 Å². The smallest absolute Gasteiger partial charge is 0.325 e. The third-order valence-electron chi connectivity index (χ3n) is 1.82. The Morgan fingerprint density at radius 3 is 2.64 bits per heavy atom. The van der Waals surface area contributed by atoms with E-state index in [1.165, 1.54) is 0 Å². The van der Waals surface area contributed by atoms with Crippen molar-refractivity contribution >= 4 is 30.0 Å². The number of carbonyl (C=O) groups is 1. The monoisotopic (exact) mass is 235 g/mol. The zero-order valence-corrected chi connectivity index (χ0v) is 9.10. The fourth-order valence-corrected chi connectivity index (χ4v) is 1.29. The van der Waals surface area contributed by atoms with Gasteiger partial charge in [-0.2, -0.15) is 0 Å². The molecule has 5 heteroatoms. The minimum absolute atomic E-state index is 0. The van der Waals surface area contributed by atoms with Crippen LogP contribution in [0.25, 0.3) is 0 Å². The Bertz CT molecular complexity index is 342. The summed E-state index contributed by atoms with van der Waals surface area (Å²) in [4.78, 5) is 10.6. The first kappa shape index (κ1) is 13.2. The Labute approximate surface area is 93.3 Å². The lowest BCUT2D eigenvalue weighted by molar-refractivity contribution is -0.138. The minimum Gasteiger partial charge on any atom is -0.480 e. The number of aryl methyl sites for hydroxylation is 1. The zero-order chi connectivity index (χ0) is 10.0. The largest absolute Gasteiger partial charge is 0.480 e. The second-order valence-electron chi connectivity index (χ2n) is 2.79. The van der Waals surface area contributed by atoms with Crippen molar-refractivity contribution in [1.29, 1.82) is 0 Å². The van der Waals surface area contributed by atoms with Crippen molar-refractivity contribution in [2.75, 3.05) is 0 Å². The van der Waals surface area contributed by atoms with Gasteiger partial charge in [-0.05, 0) is 18.1 Å². The SMILES string of the molecule is Cc1cccc([C@@H](N)C(=O)O)c1Cl.Cl. The normalized spacial score (nSPS) is 11.6. The van der Waals surface area contributed by atoms with Gasteiger partial charge in [0.1, 0.15) is 6.04 Å². The van der Waals surface area contributed by atoms with E-state index < -0.39 is 12.0 Å². The third kappa shape index (κ3) is 2.61. The van der Waals surface area contributed by atoms with Crippen molar-refractivity contribution in [3.05, 3.63) is 34.3 Å². The van der Waals surface area contributed by atoms with Crippen LogP contribution in [0, 0.1) is 6.92 Å². The molecule has 0 radical (unpaired) electrons. The van der Waals surface area contributed by atoms with Gasteiger partial charge < -0.3 is 10.8 Å². The van der Waals surface area contributed by atoms with Crippen molar-refractivity contribution in [3.8, 4) is 0 Å². The summed E-state index contributed by atoms with van der Waals surface area (Å²) in [5.74, 6) is -1.08. The second kappa shape index (κ2) is 5.20. The first-order valence-electron chi connectivity index (χ1n) is 3.77. The molecule has 3 N–H and O–H groups in total. The lowest BCUT2D eigenvalue weighted by atomic mass is 10.1. The van der Waals surface area contributed by atoms with E-state index in [9.17, 15) is 4.79 Å². The van der Waals surface area contributed by atoms with E-state index in [2.05, 4.69) is 0 Å². The molecule has 1 aromatic rings. The number of benzene rings is 1. The molecule has 1 aromatic carbocycles. The Hall–Kier alpha value is -0.770. The topological polar surface area (TPSA) is 63.3 Å². The van der Waals surface area contributed by atoms with E-state index >= 15 is 0 Å². The number of hydrogen-bond acceptors (Lipinski definition) is 2. The van der Waals surface area contributed by atoms with Gasteiger partial charge in [0.15, 0.2) is 0 Å². The summed E-state index contributed by atoms with van der Waals surface area (Å²) in [6, 6.07) is 4.11. The van der Waals surface area contributed by atoms with Crippen LogP contribution in [-0.4, -0.2) is 11.1 Å². The average molecular weight is 236 g/mol. The molecule has 0 amide bonds. The van der Waals surface area contributed by atoms with Gasteiger partial charge in [-0.3, -0.25) is 4.79 Å². The molecule has 0 aliphatic heterocycles. The van der Waals surface area contributed by atoms with Crippen LogP contribution in [0.5, 0.6) is 0 Å². The first-order valence-corrected chi connectivity index (χ1v) is 4.15. The maximum absolute atomic E-state index is 10.6. The number of halogens is 2. The van der Waals surface area contributed by atoms with Gasteiger partial charge in [0, 0.05) is 5.02 Å². The maximum Gasteiger partial charge on any atom is 0.325 e. The highest BCUT2D eigenvalue weighted by Crippen LogP contribution is 2.24. The summed E-state index contributed by atoms with van der Waals surface area (Å²) in [6.45, 7) is 1.81. The van der Waals surface area contributed by atoms with Gasteiger partial charge in [0.2, 0.25) is 0 Å². The average Bonchev–Trinajstić information content (AvgIpc) is 2.08. The minimum atomic E-state index is -1.08. The summed E-state index contributed by atoms with van der Waals surface area (Å²) < 4.78 is 0. The molecule has 0 unspecified atom stereocenters. The zero-order valence-electron chi connectivity index (χ0n) is 7.53. The van der Waals surface area contributed by atoms with Gasteiger partial charge in [-0.15, -0.1) is 12.4 Å². The molecule has 0 heterocycles. The van der Waals surface area contributed by atoms with E-state index in [1.807, 2.05) is 0 Å². The van der Waals surface area contributed by atoms with Crippen molar-refractivity contribution < 1.29 is 9.90 Å². The van der Waals surface area contributed by atoms with E-state index in [4.69, 9.17) is 22.4 Å². The Morgan fingerprint density at radius 2 is 2.14 bits per heavy atom.